The minimum absolute atomic E-state index is 0.348. The minimum Gasteiger partial charge on any atom is -0.460 e. The Balaban J connectivity index is 1.77. The largest absolute Gasteiger partial charge is 0.460 e. The first kappa shape index (κ1) is 31.3. The number of carbonyl (C=O) groups is 4. The molecule has 2 heterocycles. The topological polar surface area (TPSA) is 131 Å². The molecule has 0 bridgehead atoms. The number of rotatable bonds is 7. The van der Waals surface area contributed by atoms with Crippen LogP contribution < -0.4 is 10.6 Å². The van der Waals surface area contributed by atoms with Crippen molar-refractivity contribution in [1.29, 1.82) is 0 Å². The van der Waals surface area contributed by atoms with E-state index in [1.165, 1.54) is 13.8 Å². The van der Waals surface area contributed by atoms with Crippen LogP contribution >= 0.6 is 69.6 Å². The normalized spacial score (nSPS) is 25.1. The van der Waals surface area contributed by atoms with Gasteiger partial charge in [0.15, 0.2) is 0 Å². The highest BCUT2D eigenvalue weighted by Gasteiger charge is 2.68. The fourth-order valence-corrected chi connectivity index (χ4v) is 6.24. The summed E-state index contributed by atoms with van der Waals surface area (Å²) in [6.07, 6.45) is -1.07. The van der Waals surface area contributed by atoms with E-state index in [0.717, 1.165) is 4.90 Å². The van der Waals surface area contributed by atoms with Crippen LogP contribution in [0.15, 0.2) is 30.3 Å². The third-order valence-electron chi connectivity index (χ3n) is 5.68. The molecular formula is C21H21Cl6N3O7S. The van der Waals surface area contributed by atoms with Gasteiger partial charge in [0.2, 0.25) is 19.4 Å². The molecule has 210 valence electrons. The molecule has 2 aliphatic heterocycles. The highest BCUT2D eigenvalue weighted by Crippen LogP contribution is 2.44. The van der Waals surface area contributed by atoms with Crippen LogP contribution in [-0.4, -0.2) is 76.0 Å². The number of carbonyl (C=O) groups excluding carboxylic acids is 4. The first-order valence-electron chi connectivity index (χ1n) is 10.8. The summed E-state index contributed by atoms with van der Waals surface area (Å²) in [5.41, 5.74) is 0.348. The van der Waals surface area contributed by atoms with E-state index >= 15 is 0 Å². The van der Waals surface area contributed by atoms with E-state index in [-0.39, 0.29) is 0 Å². The van der Waals surface area contributed by atoms with Crippen LogP contribution in [0.1, 0.15) is 25.5 Å². The number of benzene rings is 1. The molecular weight excluding hydrogens is 651 g/mol. The zero-order chi connectivity index (χ0) is 28.6. The molecule has 0 aliphatic carbocycles. The zero-order valence-electron chi connectivity index (χ0n) is 19.6. The molecule has 17 heteroatoms. The lowest BCUT2D eigenvalue weighted by Crippen LogP contribution is -2.72. The molecule has 0 radical (unpaired) electrons. The van der Waals surface area contributed by atoms with Crippen molar-refractivity contribution in [1.82, 2.24) is 15.5 Å². The SMILES string of the molecule is CC1(C)C(C(=O)OCC(Cl)(Cl)Cl)N2C(=O)C(NC(=O)C(NC(=O)OCC(Cl)(Cl)Cl)c3ccccc3)[C@H]2S1=O. The summed E-state index contributed by atoms with van der Waals surface area (Å²) in [5.74, 6) is -2.39. The molecule has 2 fully saturated rings. The van der Waals surface area contributed by atoms with Gasteiger partial charge in [-0.3, -0.25) is 13.8 Å². The molecule has 3 rings (SSSR count). The average molecular weight is 672 g/mol. The molecule has 1 aromatic rings. The van der Waals surface area contributed by atoms with Crippen LogP contribution in [0.2, 0.25) is 0 Å². The molecule has 0 aromatic heterocycles. The van der Waals surface area contributed by atoms with E-state index in [4.69, 9.17) is 79.1 Å². The maximum atomic E-state index is 13.3. The number of amides is 3. The Morgan fingerprint density at radius 2 is 1.58 bits per heavy atom. The Bertz CT molecular complexity index is 1130. The predicted molar refractivity (Wildman–Crippen MR) is 144 cm³/mol. The van der Waals surface area contributed by atoms with Crippen LogP contribution in [-0.2, 0) is 34.7 Å². The first-order chi connectivity index (χ1) is 17.4. The number of β-lactam (4-membered cyclic amide) rings is 1. The Hall–Kier alpha value is -1.21. The summed E-state index contributed by atoms with van der Waals surface area (Å²) in [7, 11) is -1.81. The lowest BCUT2D eigenvalue weighted by molar-refractivity contribution is -0.164. The Labute approximate surface area is 250 Å². The fourth-order valence-electron chi connectivity index (χ4n) is 4.00. The average Bonchev–Trinajstić information content (AvgIpc) is 3.00. The van der Waals surface area contributed by atoms with Gasteiger partial charge in [-0.05, 0) is 19.4 Å². The van der Waals surface area contributed by atoms with Crippen molar-refractivity contribution < 1.29 is 32.9 Å². The monoisotopic (exact) mass is 669 g/mol. The Kier molecular flexibility index (Phi) is 9.66. The number of ether oxygens (including phenoxy) is 2. The molecule has 4 unspecified atom stereocenters. The first-order valence-corrected chi connectivity index (χ1v) is 14.2. The molecule has 2 aliphatic rings. The summed E-state index contributed by atoms with van der Waals surface area (Å²) >= 11 is 33.7. The number of fused-ring (bicyclic) bond motifs is 1. The van der Waals surface area contributed by atoms with Gasteiger partial charge in [-0.1, -0.05) is 99.9 Å². The van der Waals surface area contributed by atoms with Gasteiger partial charge in [0.25, 0.3) is 0 Å². The van der Waals surface area contributed by atoms with Gasteiger partial charge < -0.3 is 25.0 Å². The highest BCUT2D eigenvalue weighted by molar-refractivity contribution is 7.87. The maximum absolute atomic E-state index is 13.3. The minimum atomic E-state index is -1.88. The van der Waals surface area contributed by atoms with Crippen molar-refractivity contribution in [2.24, 2.45) is 0 Å². The highest BCUT2D eigenvalue weighted by atomic mass is 35.6. The Morgan fingerprint density at radius 1 is 1.03 bits per heavy atom. The molecule has 1 aromatic carbocycles. The third-order valence-corrected chi connectivity index (χ3v) is 8.53. The van der Waals surface area contributed by atoms with E-state index in [0.29, 0.717) is 5.56 Å². The molecule has 2 saturated heterocycles. The van der Waals surface area contributed by atoms with Gasteiger partial charge in [-0.15, -0.1) is 0 Å². The molecule has 0 saturated carbocycles. The van der Waals surface area contributed by atoms with Crippen LogP contribution in [0.25, 0.3) is 0 Å². The van der Waals surface area contributed by atoms with Gasteiger partial charge in [0, 0.05) is 0 Å². The number of halogens is 6. The van der Waals surface area contributed by atoms with Crippen LogP contribution in [0.3, 0.4) is 0 Å². The van der Waals surface area contributed by atoms with Gasteiger partial charge >= 0.3 is 12.1 Å². The standard InChI is InChI=1S/C21H21Cl6N3O7S/c1-19(2)13(17(33)36-8-20(22,23)24)30-15(32)12(16(30)38(19)35)28-14(31)11(10-6-4-3-5-7-10)29-18(34)37-9-21(25,26)27/h3-7,11-13,16H,8-9H2,1-2H3,(H,28,31)(H,29,34)/t11?,12?,13?,16-,38?/m1/s1. The fraction of sp³-hybridized carbons (Fsp3) is 0.524. The summed E-state index contributed by atoms with van der Waals surface area (Å²) in [5, 5.41) is 3.83. The van der Waals surface area contributed by atoms with Gasteiger partial charge in [-0.2, -0.15) is 0 Å². The van der Waals surface area contributed by atoms with E-state index in [1.54, 1.807) is 30.3 Å². The van der Waals surface area contributed by atoms with Crippen LogP contribution in [0, 0.1) is 0 Å². The summed E-state index contributed by atoms with van der Waals surface area (Å²) in [6, 6.07) is 4.24. The van der Waals surface area contributed by atoms with E-state index in [1.807, 2.05) is 0 Å². The number of alkyl halides is 6. The molecule has 5 atom stereocenters. The van der Waals surface area contributed by atoms with Crippen LogP contribution in [0.4, 0.5) is 4.79 Å². The Morgan fingerprint density at radius 3 is 2.13 bits per heavy atom. The third kappa shape index (κ3) is 7.10. The van der Waals surface area contributed by atoms with Crippen molar-refractivity contribution in [3.63, 3.8) is 0 Å². The second-order valence-electron chi connectivity index (χ2n) is 8.83. The van der Waals surface area contributed by atoms with Crippen molar-refractivity contribution in [2.75, 3.05) is 13.2 Å². The van der Waals surface area contributed by atoms with Crippen molar-refractivity contribution in [3.8, 4) is 0 Å². The lowest BCUT2D eigenvalue weighted by atomic mass is 9.95. The second-order valence-corrected chi connectivity index (χ2v) is 16.0. The number of hydrogen-bond acceptors (Lipinski definition) is 7. The van der Waals surface area contributed by atoms with E-state index in [9.17, 15) is 23.4 Å². The number of esters is 1. The van der Waals surface area contributed by atoms with Crippen molar-refractivity contribution in [3.05, 3.63) is 35.9 Å². The number of alkyl carbamates (subject to hydrolysis) is 1. The summed E-state index contributed by atoms with van der Waals surface area (Å²) in [4.78, 5) is 52.4. The molecule has 2 N–H and O–H groups in total. The van der Waals surface area contributed by atoms with Gasteiger partial charge in [0.1, 0.15) is 36.7 Å². The molecule has 38 heavy (non-hydrogen) atoms. The van der Waals surface area contributed by atoms with Gasteiger partial charge in [-0.25, -0.2) is 9.59 Å². The molecule has 10 nitrogen and oxygen atoms in total. The molecule has 3 amide bonds. The number of nitrogens with one attached hydrogen (secondary N) is 2. The van der Waals surface area contributed by atoms with E-state index in [2.05, 4.69) is 10.6 Å². The number of nitrogens with zero attached hydrogens (tertiary/aromatic N) is 1. The lowest BCUT2D eigenvalue weighted by Gasteiger charge is -2.43. The predicted octanol–water partition coefficient (Wildman–Crippen LogP) is 3.30. The van der Waals surface area contributed by atoms with Crippen LogP contribution in [0.5, 0.6) is 0 Å². The molecule has 0 spiro atoms. The number of hydrogen-bond donors (Lipinski definition) is 2. The van der Waals surface area contributed by atoms with Crippen molar-refractivity contribution in [2.45, 2.75) is 49.7 Å². The van der Waals surface area contributed by atoms with Gasteiger partial charge in [0.05, 0.1) is 15.5 Å². The summed E-state index contributed by atoms with van der Waals surface area (Å²) in [6.45, 7) is 1.86. The quantitative estimate of drug-likeness (QED) is 0.258. The van der Waals surface area contributed by atoms with Crippen molar-refractivity contribution >= 4 is 104 Å². The second kappa shape index (κ2) is 11.7. The zero-order valence-corrected chi connectivity index (χ0v) is 24.9. The smallest absolute Gasteiger partial charge is 0.408 e. The van der Waals surface area contributed by atoms with E-state index < -0.39 is 83.7 Å². The maximum Gasteiger partial charge on any atom is 0.408 e. The summed E-state index contributed by atoms with van der Waals surface area (Å²) < 4.78 is 18.2.